The first-order chi connectivity index (χ1) is 13.3. The first-order valence-corrected chi connectivity index (χ1v) is 10.7. The number of ketones is 1. The highest BCUT2D eigenvalue weighted by Crippen LogP contribution is 2.27. The molecular weight excluding hydrogens is 384 g/mol. The van der Waals surface area contributed by atoms with Gasteiger partial charge in [-0.3, -0.25) is 9.69 Å². The van der Waals surface area contributed by atoms with Crippen LogP contribution in [0.1, 0.15) is 16.8 Å². The molecule has 1 aliphatic rings. The first kappa shape index (κ1) is 20.1. The van der Waals surface area contributed by atoms with Gasteiger partial charge in [0.1, 0.15) is 5.75 Å². The quantitative estimate of drug-likeness (QED) is 0.365. The zero-order valence-corrected chi connectivity index (χ0v) is 17.0. The molecule has 0 unspecified atom stereocenters. The van der Waals surface area contributed by atoms with Crippen molar-refractivity contribution in [1.82, 2.24) is 15.1 Å². The zero-order valence-electron chi connectivity index (χ0n) is 15.3. The molecule has 0 aliphatic carbocycles. The van der Waals surface area contributed by atoms with Crippen molar-refractivity contribution in [3.05, 3.63) is 29.8 Å². The Morgan fingerprint density at radius 2 is 2.15 bits per heavy atom. The molecule has 9 heteroatoms. The molecule has 0 spiro atoms. The molecule has 0 atom stereocenters. The number of thioether (sulfide) groups is 1. The Bertz CT molecular complexity index is 735. The van der Waals surface area contributed by atoms with E-state index in [1.54, 1.807) is 19.2 Å². The van der Waals surface area contributed by atoms with Crippen LogP contribution >= 0.6 is 23.1 Å². The molecule has 1 aromatic carbocycles. The molecule has 1 N–H and O–H groups in total. The van der Waals surface area contributed by atoms with Crippen molar-refractivity contribution < 1.29 is 14.3 Å². The minimum atomic E-state index is 0.0210. The number of rotatable bonds is 10. The monoisotopic (exact) mass is 408 g/mol. The van der Waals surface area contributed by atoms with Gasteiger partial charge in [-0.1, -0.05) is 35.2 Å². The molecule has 2 aromatic rings. The molecule has 146 valence electrons. The number of carbonyl (C=O) groups is 1. The number of Topliss-reactive ketones (excluding diaryl/α,β-unsaturated/α-hetero) is 1. The minimum Gasteiger partial charge on any atom is -0.496 e. The van der Waals surface area contributed by atoms with Gasteiger partial charge in [0, 0.05) is 19.6 Å². The van der Waals surface area contributed by atoms with Gasteiger partial charge in [-0.2, -0.15) is 0 Å². The first-order valence-electron chi connectivity index (χ1n) is 8.93. The van der Waals surface area contributed by atoms with Crippen LogP contribution in [0.2, 0.25) is 0 Å². The van der Waals surface area contributed by atoms with Crippen molar-refractivity contribution >= 4 is 34.0 Å². The molecule has 0 radical (unpaired) electrons. The lowest BCUT2D eigenvalue weighted by molar-refractivity contribution is 0.0378. The van der Waals surface area contributed by atoms with Gasteiger partial charge in [0.25, 0.3) is 0 Å². The van der Waals surface area contributed by atoms with E-state index < -0.39 is 0 Å². The zero-order chi connectivity index (χ0) is 18.9. The molecule has 1 saturated heterocycles. The van der Waals surface area contributed by atoms with Crippen molar-refractivity contribution in [2.45, 2.75) is 10.8 Å². The smallest absolute Gasteiger partial charge is 0.206 e. The summed E-state index contributed by atoms with van der Waals surface area (Å²) in [4.78, 5) is 14.8. The Kier molecular flexibility index (Phi) is 7.88. The molecular formula is C18H24N4O3S2. The van der Waals surface area contributed by atoms with E-state index in [0.29, 0.717) is 17.1 Å². The van der Waals surface area contributed by atoms with Crippen molar-refractivity contribution in [3.8, 4) is 5.75 Å². The fraction of sp³-hybridized carbons (Fsp3) is 0.500. The standard InChI is InChI=1S/C18H24N4O3S2/c1-24-16-6-3-2-5-14(16)15(23)13-26-18-21-20-17(27-18)19-7-4-8-22-9-11-25-12-10-22/h2-3,5-6H,4,7-13H2,1H3,(H,19,20). The average Bonchev–Trinajstić information content (AvgIpc) is 3.18. The number of ether oxygens (including phenoxy) is 2. The van der Waals surface area contributed by atoms with E-state index in [1.165, 1.54) is 23.1 Å². The predicted molar refractivity (Wildman–Crippen MR) is 108 cm³/mol. The van der Waals surface area contributed by atoms with Crippen molar-refractivity contribution in [2.75, 3.05) is 57.6 Å². The number of para-hydroxylation sites is 1. The summed E-state index contributed by atoms with van der Waals surface area (Å²) in [6.07, 6.45) is 1.05. The molecule has 7 nitrogen and oxygen atoms in total. The van der Waals surface area contributed by atoms with Gasteiger partial charge in [-0.05, 0) is 25.1 Å². The maximum absolute atomic E-state index is 12.4. The van der Waals surface area contributed by atoms with Crippen LogP contribution in [0.4, 0.5) is 5.13 Å². The van der Waals surface area contributed by atoms with Gasteiger partial charge in [-0.25, -0.2) is 0 Å². The lowest BCUT2D eigenvalue weighted by atomic mass is 10.1. The molecule has 0 amide bonds. The Morgan fingerprint density at radius 3 is 2.96 bits per heavy atom. The highest BCUT2D eigenvalue weighted by molar-refractivity contribution is 8.01. The summed E-state index contributed by atoms with van der Waals surface area (Å²) in [5.74, 6) is 0.933. The van der Waals surface area contributed by atoms with Crippen LogP contribution in [0.15, 0.2) is 28.6 Å². The molecule has 0 bridgehead atoms. The van der Waals surface area contributed by atoms with Crippen molar-refractivity contribution in [2.24, 2.45) is 0 Å². The van der Waals surface area contributed by atoms with Gasteiger partial charge < -0.3 is 14.8 Å². The molecule has 3 rings (SSSR count). The van der Waals surface area contributed by atoms with Crippen LogP contribution < -0.4 is 10.1 Å². The molecule has 1 aliphatic heterocycles. The van der Waals surface area contributed by atoms with E-state index in [2.05, 4.69) is 20.4 Å². The van der Waals surface area contributed by atoms with E-state index >= 15 is 0 Å². The van der Waals surface area contributed by atoms with Gasteiger partial charge in [0.2, 0.25) is 5.13 Å². The van der Waals surface area contributed by atoms with E-state index in [4.69, 9.17) is 9.47 Å². The number of hydrogen-bond acceptors (Lipinski definition) is 9. The number of methoxy groups -OCH3 is 1. The number of nitrogens with one attached hydrogen (secondary N) is 1. The number of hydrogen-bond donors (Lipinski definition) is 1. The highest BCUT2D eigenvalue weighted by Gasteiger charge is 2.14. The third kappa shape index (κ3) is 6.17. The van der Waals surface area contributed by atoms with E-state index in [0.717, 1.165) is 55.3 Å². The average molecular weight is 409 g/mol. The van der Waals surface area contributed by atoms with Gasteiger partial charge in [0.15, 0.2) is 10.1 Å². The number of carbonyl (C=O) groups excluding carboxylic acids is 1. The number of morpholine rings is 1. The lowest BCUT2D eigenvalue weighted by Crippen LogP contribution is -2.37. The van der Waals surface area contributed by atoms with Crippen LogP contribution in [0.5, 0.6) is 5.75 Å². The Morgan fingerprint density at radius 1 is 1.33 bits per heavy atom. The van der Waals surface area contributed by atoms with Crippen LogP contribution in [0.3, 0.4) is 0 Å². The number of anilines is 1. The van der Waals surface area contributed by atoms with Crippen LogP contribution in [-0.2, 0) is 4.74 Å². The summed E-state index contributed by atoms with van der Waals surface area (Å²) in [7, 11) is 1.57. The topological polar surface area (TPSA) is 76.6 Å². The second-order valence-corrected chi connectivity index (χ2v) is 8.22. The minimum absolute atomic E-state index is 0.0210. The van der Waals surface area contributed by atoms with Gasteiger partial charge in [-0.15, -0.1) is 10.2 Å². The predicted octanol–water partition coefficient (Wildman–Crippen LogP) is 2.66. The van der Waals surface area contributed by atoms with E-state index in [-0.39, 0.29) is 5.78 Å². The Hall–Kier alpha value is -1.68. The fourth-order valence-corrected chi connectivity index (χ4v) is 4.40. The summed E-state index contributed by atoms with van der Waals surface area (Å²) in [6.45, 7) is 5.61. The van der Waals surface area contributed by atoms with Crippen LogP contribution in [0, 0.1) is 0 Å². The SMILES string of the molecule is COc1ccccc1C(=O)CSc1nnc(NCCCN2CCOCC2)s1. The van der Waals surface area contributed by atoms with Crippen molar-refractivity contribution in [1.29, 1.82) is 0 Å². The largest absolute Gasteiger partial charge is 0.496 e. The number of benzene rings is 1. The second-order valence-electron chi connectivity index (χ2n) is 6.02. The van der Waals surface area contributed by atoms with Gasteiger partial charge >= 0.3 is 0 Å². The third-order valence-electron chi connectivity index (χ3n) is 4.17. The number of aromatic nitrogens is 2. The maximum atomic E-state index is 12.4. The summed E-state index contributed by atoms with van der Waals surface area (Å²) in [6, 6.07) is 7.26. The third-order valence-corrected chi connectivity index (χ3v) is 6.19. The summed E-state index contributed by atoms with van der Waals surface area (Å²) >= 11 is 2.88. The van der Waals surface area contributed by atoms with E-state index in [1.807, 2.05) is 12.1 Å². The van der Waals surface area contributed by atoms with Crippen molar-refractivity contribution in [3.63, 3.8) is 0 Å². The Balaban J connectivity index is 1.39. The summed E-state index contributed by atoms with van der Waals surface area (Å²) in [5.41, 5.74) is 0.596. The maximum Gasteiger partial charge on any atom is 0.206 e. The normalized spacial score (nSPS) is 14.9. The molecule has 27 heavy (non-hydrogen) atoms. The fourth-order valence-electron chi connectivity index (χ4n) is 2.74. The summed E-state index contributed by atoms with van der Waals surface area (Å²) < 4.78 is 11.4. The van der Waals surface area contributed by atoms with Gasteiger partial charge in [0.05, 0.1) is 31.6 Å². The Labute approximate surface area is 167 Å². The molecule has 1 fully saturated rings. The van der Waals surface area contributed by atoms with Crippen LogP contribution in [0.25, 0.3) is 0 Å². The highest BCUT2D eigenvalue weighted by atomic mass is 32.2. The molecule has 2 heterocycles. The second kappa shape index (κ2) is 10.6. The van der Waals surface area contributed by atoms with E-state index in [9.17, 15) is 4.79 Å². The van der Waals surface area contributed by atoms with Crippen LogP contribution in [-0.4, -0.2) is 73.1 Å². The number of nitrogens with zero attached hydrogens (tertiary/aromatic N) is 3. The molecule has 0 saturated carbocycles. The summed E-state index contributed by atoms with van der Waals surface area (Å²) in [5, 5.41) is 12.4. The molecule has 1 aromatic heterocycles. The lowest BCUT2D eigenvalue weighted by Gasteiger charge is -2.26.